The van der Waals surface area contributed by atoms with Gasteiger partial charge < -0.3 is 20.9 Å². The number of hydrogen-bond donors (Lipinski definition) is 2. The highest BCUT2D eigenvalue weighted by molar-refractivity contribution is 5.91. The van der Waals surface area contributed by atoms with E-state index >= 15 is 0 Å². The van der Waals surface area contributed by atoms with Crippen molar-refractivity contribution < 1.29 is 19.1 Å². The van der Waals surface area contributed by atoms with Gasteiger partial charge in [-0.1, -0.05) is 18.2 Å². The molecule has 0 aromatic heterocycles. The molecule has 0 aliphatic heterocycles. The molecule has 0 unspecified atom stereocenters. The molecule has 0 saturated carbocycles. The summed E-state index contributed by atoms with van der Waals surface area (Å²) in [5.74, 6) is -0.689. The van der Waals surface area contributed by atoms with Crippen LogP contribution in [0.2, 0.25) is 0 Å². The number of carbonyl (C=O) groups is 2. The Kier molecular flexibility index (Phi) is 5.37. The molecule has 27 heavy (non-hydrogen) atoms. The van der Waals surface area contributed by atoms with Crippen LogP contribution in [0.25, 0.3) is 0 Å². The molecule has 6 nitrogen and oxygen atoms in total. The number of nitrogen functional groups attached to an aromatic ring is 2. The fourth-order valence-corrected chi connectivity index (χ4v) is 2.35. The normalized spacial score (nSPS) is 10.2. The molecule has 0 spiro atoms. The van der Waals surface area contributed by atoms with Crippen LogP contribution in [0.5, 0.6) is 5.75 Å². The van der Waals surface area contributed by atoms with Crippen molar-refractivity contribution >= 4 is 23.3 Å². The minimum Gasteiger partial charge on any atom is -0.457 e. The van der Waals surface area contributed by atoms with Crippen LogP contribution < -0.4 is 16.2 Å². The summed E-state index contributed by atoms with van der Waals surface area (Å²) in [6.45, 7) is -0.0333. The van der Waals surface area contributed by atoms with Gasteiger partial charge in [-0.15, -0.1) is 0 Å². The summed E-state index contributed by atoms with van der Waals surface area (Å²) in [4.78, 5) is 24.4. The zero-order chi connectivity index (χ0) is 19.2. The molecule has 0 atom stereocenters. The number of anilines is 2. The van der Waals surface area contributed by atoms with Crippen LogP contribution >= 0.6 is 0 Å². The smallest absolute Gasteiger partial charge is 0.343 e. The van der Waals surface area contributed by atoms with E-state index in [2.05, 4.69) is 0 Å². The average Bonchev–Trinajstić information content (AvgIpc) is 2.68. The Morgan fingerprint density at radius 1 is 0.704 bits per heavy atom. The van der Waals surface area contributed by atoms with E-state index in [9.17, 15) is 9.59 Å². The summed E-state index contributed by atoms with van der Waals surface area (Å²) >= 11 is 0. The van der Waals surface area contributed by atoms with Gasteiger partial charge >= 0.3 is 11.9 Å². The van der Waals surface area contributed by atoms with Crippen LogP contribution in [0.1, 0.15) is 26.3 Å². The maximum absolute atomic E-state index is 12.3. The van der Waals surface area contributed by atoms with Crippen molar-refractivity contribution in [3.8, 4) is 5.75 Å². The van der Waals surface area contributed by atoms with Gasteiger partial charge in [0.15, 0.2) is 0 Å². The first-order valence-corrected chi connectivity index (χ1v) is 8.21. The Morgan fingerprint density at radius 3 is 1.81 bits per heavy atom. The van der Waals surface area contributed by atoms with Gasteiger partial charge in [0.2, 0.25) is 0 Å². The van der Waals surface area contributed by atoms with Gasteiger partial charge in [-0.3, -0.25) is 0 Å². The molecule has 0 radical (unpaired) electrons. The molecule has 4 N–H and O–H groups in total. The molecule has 3 rings (SSSR count). The molecule has 3 aromatic rings. The monoisotopic (exact) mass is 362 g/mol. The standard InChI is InChI=1S/C21H18N2O4/c22-17-9-5-14(6-10-17)20(24)26-13-16-3-1-2-4-19(16)27-21(25)15-7-11-18(23)12-8-15/h1-12H,13,22-23H2. The molecular formula is C21H18N2O4. The molecule has 6 heteroatoms. The van der Waals surface area contributed by atoms with Crippen molar-refractivity contribution in [3.63, 3.8) is 0 Å². The lowest BCUT2D eigenvalue weighted by atomic mass is 10.2. The number of benzene rings is 3. The predicted molar refractivity (Wildman–Crippen MR) is 102 cm³/mol. The van der Waals surface area contributed by atoms with Crippen molar-refractivity contribution in [2.75, 3.05) is 11.5 Å². The maximum Gasteiger partial charge on any atom is 0.343 e. The largest absolute Gasteiger partial charge is 0.457 e. The van der Waals surface area contributed by atoms with E-state index in [-0.39, 0.29) is 6.61 Å². The zero-order valence-electron chi connectivity index (χ0n) is 14.4. The first-order chi connectivity index (χ1) is 13.0. The van der Waals surface area contributed by atoms with Crippen LogP contribution in [0.4, 0.5) is 11.4 Å². The van der Waals surface area contributed by atoms with Gasteiger partial charge in [0.05, 0.1) is 11.1 Å². The molecule has 0 saturated heterocycles. The van der Waals surface area contributed by atoms with Crippen LogP contribution in [-0.4, -0.2) is 11.9 Å². The average molecular weight is 362 g/mol. The number of esters is 2. The number of nitrogens with two attached hydrogens (primary N) is 2. The highest BCUT2D eigenvalue weighted by atomic mass is 16.5. The first-order valence-electron chi connectivity index (χ1n) is 8.21. The lowest BCUT2D eigenvalue weighted by Crippen LogP contribution is -2.11. The van der Waals surface area contributed by atoms with Gasteiger partial charge in [-0.05, 0) is 54.6 Å². The Labute approximate surface area is 156 Å². The van der Waals surface area contributed by atoms with E-state index in [0.29, 0.717) is 33.8 Å². The molecule has 0 aliphatic rings. The Bertz CT molecular complexity index is 951. The summed E-state index contributed by atoms with van der Waals surface area (Å²) in [5.41, 5.74) is 13.7. The lowest BCUT2D eigenvalue weighted by Gasteiger charge is -2.11. The lowest BCUT2D eigenvalue weighted by molar-refractivity contribution is 0.0469. The van der Waals surface area contributed by atoms with E-state index in [1.54, 1.807) is 72.8 Å². The number of para-hydroxylation sites is 1. The Balaban J connectivity index is 1.68. The number of carbonyl (C=O) groups excluding carboxylic acids is 2. The van der Waals surface area contributed by atoms with E-state index < -0.39 is 11.9 Å². The van der Waals surface area contributed by atoms with E-state index in [1.807, 2.05) is 0 Å². The topological polar surface area (TPSA) is 105 Å². The highest BCUT2D eigenvalue weighted by Crippen LogP contribution is 2.21. The third-order valence-corrected chi connectivity index (χ3v) is 3.83. The van der Waals surface area contributed by atoms with Crippen LogP contribution in [0.15, 0.2) is 72.8 Å². The molecule has 3 aromatic carbocycles. The summed E-state index contributed by atoms with van der Waals surface area (Å²) in [6.07, 6.45) is 0. The van der Waals surface area contributed by atoms with Gasteiger partial charge in [-0.25, -0.2) is 9.59 Å². The second-order valence-electron chi connectivity index (χ2n) is 5.82. The highest BCUT2D eigenvalue weighted by Gasteiger charge is 2.13. The number of rotatable bonds is 5. The third kappa shape index (κ3) is 4.64. The molecule has 136 valence electrons. The van der Waals surface area contributed by atoms with Crippen molar-refractivity contribution in [2.24, 2.45) is 0 Å². The second-order valence-corrected chi connectivity index (χ2v) is 5.82. The number of hydrogen-bond acceptors (Lipinski definition) is 6. The Hall–Kier alpha value is -3.80. The summed E-state index contributed by atoms with van der Waals surface area (Å²) in [7, 11) is 0. The van der Waals surface area contributed by atoms with Crippen molar-refractivity contribution in [3.05, 3.63) is 89.5 Å². The molecular weight excluding hydrogens is 344 g/mol. The third-order valence-electron chi connectivity index (χ3n) is 3.83. The SMILES string of the molecule is Nc1ccc(C(=O)OCc2ccccc2OC(=O)c2ccc(N)cc2)cc1. The van der Waals surface area contributed by atoms with Crippen molar-refractivity contribution in [1.82, 2.24) is 0 Å². The quantitative estimate of drug-likeness (QED) is 0.409. The van der Waals surface area contributed by atoms with Crippen molar-refractivity contribution in [1.29, 1.82) is 0 Å². The molecule has 0 fully saturated rings. The first kappa shape index (κ1) is 18.0. The predicted octanol–water partition coefficient (Wildman–Crippen LogP) is 3.43. The van der Waals surface area contributed by atoms with Gasteiger partial charge in [0.1, 0.15) is 12.4 Å². The van der Waals surface area contributed by atoms with Gasteiger partial charge in [0, 0.05) is 16.9 Å². The molecule has 0 amide bonds. The van der Waals surface area contributed by atoms with Gasteiger partial charge in [-0.2, -0.15) is 0 Å². The number of ether oxygens (including phenoxy) is 2. The van der Waals surface area contributed by atoms with E-state index in [0.717, 1.165) is 0 Å². The molecule has 0 heterocycles. The Morgan fingerprint density at radius 2 is 1.22 bits per heavy atom. The summed E-state index contributed by atoms with van der Waals surface area (Å²) in [6, 6.07) is 19.7. The summed E-state index contributed by atoms with van der Waals surface area (Å²) in [5, 5.41) is 0. The fourth-order valence-electron chi connectivity index (χ4n) is 2.35. The van der Waals surface area contributed by atoms with Crippen LogP contribution in [0.3, 0.4) is 0 Å². The fraction of sp³-hybridized carbons (Fsp3) is 0.0476. The van der Waals surface area contributed by atoms with Crippen LogP contribution in [0, 0.1) is 0 Å². The molecule has 0 bridgehead atoms. The van der Waals surface area contributed by atoms with Gasteiger partial charge in [0.25, 0.3) is 0 Å². The zero-order valence-corrected chi connectivity index (χ0v) is 14.4. The van der Waals surface area contributed by atoms with E-state index in [4.69, 9.17) is 20.9 Å². The summed E-state index contributed by atoms with van der Waals surface area (Å²) < 4.78 is 10.7. The van der Waals surface area contributed by atoms with Crippen LogP contribution in [-0.2, 0) is 11.3 Å². The molecule has 0 aliphatic carbocycles. The van der Waals surface area contributed by atoms with E-state index in [1.165, 1.54) is 0 Å². The minimum absolute atomic E-state index is 0.0333. The minimum atomic E-state index is -0.521. The maximum atomic E-state index is 12.3. The van der Waals surface area contributed by atoms with Crippen molar-refractivity contribution in [2.45, 2.75) is 6.61 Å². The second kappa shape index (κ2) is 8.05.